The molecule has 1 aliphatic heterocycles. The van der Waals surface area contributed by atoms with E-state index in [1.807, 2.05) is 42.5 Å². The number of fused-ring (bicyclic) bond motifs is 1. The smallest absolute Gasteiger partial charge is 0.250 e. The Bertz CT molecular complexity index is 723. The Morgan fingerprint density at radius 2 is 2.04 bits per heavy atom. The van der Waals surface area contributed by atoms with Gasteiger partial charge in [0.05, 0.1) is 12.7 Å². The minimum Gasteiger partial charge on any atom is -0.497 e. The van der Waals surface area contributed by atoms with Gasteiger partial charge in [-0.05, 0) is 36.3 Å². The van der Waals surface area contributed by atoms with Crippen molar-refractivity contribution in [3.8, 4) is 11.5 Å². The molecule has 0 aromatic heterocycles. The Balaban J connectivity index is 1.62. The van der Waals surface area contributed by atoms with Crippen molar-refractivity contribution < 1.29 is 14.3 Å². The van der Waals surface area contributed by atoms with Crippen molar-refractivity contribution >= 4 is 12.0 Å². The molecule has 1 N–H and O–H groups in total. The topological polar surface area (TPSA) is 47.6 Å². The highest BCUT2D eigenvalue weighted by molar-refractivity contribution is 5.99. The van der Waals surface area contributed by atoms with E-state index in [0.717, 1.165) is 23.5 Å². The standard InChI is InChI=1S/C19H19NO3/c1-22-17-7-8-18-15(12-17)11-16(13-23-18)19(21)20-10-9-14-5-3-2-4-6-14/h2-8,11-12H,9-10,13H2,1H3,(H,20,21). The van der Waals surface area contributed by atoms with E-state index in [9.17, 15) is 4.79 Å². The highest BCUT2D eigenvalue weighted by Crippen LogP contribution is 2.29. The summed E-state index contributed by atoms with van der Waals surface area (Å²) in [5.74, 6) is 1.43. The van der Waals surface area contributed by atoms with E-state index in [0.29, 0.717) is 12.1 Å². The van der Waals surface area contributed by atoms with Crippen LogP contribution in [0.25, 0.3) is 6.08 Å². The minimum absolute atomic E-state index is 0.0885. The molecule has 0 bridgehead atoms. The molecule has 1 amide bonds. The Morgan fingerprint density at radius 3 is 2.83 bits per heavy atom. The molecule has 0 saturated carbocycles. The van der Waals surface area contributed by atoms with Crippen molar-refractivity contribution in [2.45, 2.75) is 6.42 Å². The molecule has 0 atom stereocenters. The van der Waals surface area contributed by atoms with E-state index in [2.05, 4.69) is 17.4 Å². The first-order valence-corrected chi connectivity index (χ1v) is 7.60. The molecule has 0 unspecified atom stereocenters. The van der Waals surface area contributed by atoms with Crippen molar-refractivity contribution in [3.05, 3.63) is 65.2 Å². The van der Waals surface area contributed by atoms with E-state index in [1.165, 1.54) is 5.56 Å². The largest absolute Gasteiger partial charge is 0.497 e. The van der Waals surface area contributed by atoms with Crippen LogP contribution in [0.1, 0.15) is 11.1 Å². The van der Waals surface area contributed by atoms with Crippen LogP contribution in [-0.2, 0) is 11.2 Å². The fourth-order valence-electron chi connectivity index (χ4n) is 2.49. The normalized spacial score (nSPS) is 12.7. The lowest BCUT2D eigenvalue weighted by Gasteiger charge is -2.18. The molecular formula is C19H19NO3. The quantitative estimate of drug-likeness (QED) is 0.924. The molecule has 3 rings (SSSR count). The fourth-order valence-corrected chi connectivity index (χ4v) is 2.49. The molecule has 118 valence electrons. The number of amides is 1. The second kappa shape index (κ2) is 7.01. The number of carbonyl (C=O) groups is 1. The molecule has 0 radical (unpaired) electrons. The maximum atomic E-state index is 12.3. The third kappa shape index (κ3) is 3.72. The van der Waals surface area contributed by atoms with Crippen LogP contribution in [0.15, 0.2) is 54.1 Å². The average molecular weight is 309 g/mol. The maximum Gasteiger partial charge on any atom is 0.250 e. The van der Waals surface area contributed by atoms with Crippen LogP contribution in [-0.4, -0.2) is 26.2 Å². The summed E-state index contributed by atoms with van der Waals surface area (Å²) < 4.78 is 10.8. The number of rotatable bonds is 5. The summed E-state index contributed by atoms with van der Waals surface area (Å²) in [4.78, 5) is 12.3. The van der Waals surface area contributed by atoms with Crippen molar-refractivity contribution in [2.75, 3.05) is 20.3 Å². The van der Waals surface area contributed by atoms with Gasteiger partial charge in [0.15, 0.2) is 0 Å². The second-order valence-corrected chi connectivity index (χ2v) is 5.35. The molecule has 1 heterocycles. The Hall–Kier alpha value is -2.75. The molecule has 4 heteroatoms. The minimum atomic E-state index is -0.0885. The lowest BCUT2D eigenvalue weighted by atomic mass is 10.1. The molecule has 1 aliphatic rings. The number of hydrogen-bond acceptors (Lipinski definition) is 3. The fraction of sp³-hybridized carbons (Fsp3) is 0.211. The third-order valence-corrected chi connectivity index (χ3v) is 3.76. The van der Waals surface area contributed by atoms with Gasteiger partial charge in [0, 0.05) is 12.1 Å². The molecule has 0 spiro atoms. The third-order valence-electron chi connectivity index (χ3n) is 3.76. The summed E-state index contributed by atoms with van der Waals surface area (Å²) in [5.41, 5.74) is 2.69. The van der Waals surface area contributed by atoms with Crippen LogP contribution in [0, 0.1) is 0 Å². The summed E-state index contributed by atoms with van der Waals surface area (Å²) in [5, 5.41) is 2.94. The van der Waals surface area contributed by atoms with Crippen LogP contribution in [0.3, 0.4) is 0 Å². The van der Waals surface area contributed by atoms with Crippen molar-refractivity contribution in [1.82, 2.24) is 5.32 Å². The van der Waals surface area contributed by atoms with Crippen molar-refractivity contribution in [2.24, 2.45) is 0 Å². The summed E-state index contributed by atoms with van der Waals surface area (Å²) in [7, 11) is 1.62. The van der Waals surface area contributed by atoms with Gasteiger partial charge in [0.2, 0.25) is 0 Å². The molecule has 2 aromatic carbocycles. The average Bonchev–Trinajstić information content (AvgIpc) is 2.61. The predicted octanol–water partition coefficient (Wildman–Crippen LogP) is 2.83. The lowest BCUT2D eigenvalue weighted by molar-refractivity contribution is -0.117. The Labute approximate surface area is 135 Å². The van der Waals surface area contributed by atoms with E-state index in [4.69, 9.17) is 9.47 Å². The highest BCUT2D eigenvalue weighted by Gasteiger charge is 2.17. The SMILES string of the molecule is COc1ccc2c(c1)C=C(C(=O)NCCc1ccccc1)CO2. The van der Waals surface area contributed by atoms with Crippen LogP contribution in [0.4, 0.5) is 0 Å². The zero-order valence-electron chi connectivity index (χ0n) is 13.0. The lowest BCUT2D eigenvalue weighted by Crippen LogP contribution is -2.30. The van der Waals surface area contributed by atoms with E-state index in [1.54, 1.807) is 7.11 Å². The molecular weight excluding hydrogens is 290 g/mol. The van der Waals surface area contributed by atoms with E-state index >= 15 is 0 Å². The zero-order valence-corrected chi connectivity index (χ0v) is 13.0. The van der Waals surface area contributed by atoms with Gasteiger partial charge < -0.3 is 14.8 Å². The predicted molar refractivity (Wildman–Crippen MR) is 89.6 cm³/mol. The molecule has 4 nitrogen and oxygen atoms in total. The summed E-state index contributed by atoms with van der Waals surface area (Å²) in [6.45, 7) is 0.891. The molecule has 0 fully saturated rings. The van der Waals surface area contributed by atoms with Gasteiger partial charge >= 0.3 is 0 Å². The molecule has 2 aromatic rings. The van der Waals surface area contributed by atoms with Crippen LogP contribution in [0.5, 0.6) is 11.5 Å². The van der Waals surface area contributed by atoms with Crippen LogP contribution < -0.4 is 14.8 Å². The van der Waals surface area contributed by atoms with E-state index in [-0.39, 0.29) is 12.5 Å². The van der Waals surface area contributed by atoms with Crippen LogP contribution >= 0.6 is 0 Å². The number of ether oxygens (including phenoxy) is 2. The highest BCUT2D eigenvalue weighted by atomic mass is 16.5. The van der Waals surface area contributed by atoms with Crippen molar-refractivity contribution in [3.63, 3.8) is 0 Å². The van der Waals surface area contributed by atoms with Crippen LogP contribution in [0.2, 0.25) is 0 Å². The first kappa shape index (κ1) is 15.2. The summed E-state index contributed by atoms with van der Waals surface area (Å²) >= 11 is 0. The summed E-state index contributed by atoms with van der Waals surface area (Å²) in [6, 6.07) is 15.7. The maximum absolute atomic E-state index is 12.3. The van der Waals surface area contributed by atoms with Crippen molar-refractivity contribution in [1.29, 1.82) is 0 Å². The number of carbonyl (C=O) groups excluding carboxylic acids is 1. The van der Waals surface area contributed by atoms with Gasteiger partial charge in [-0.15, -0.1) is 0 Å². The van der Waals surface area contributed by atoms with Gasteiger partial charge in [-0.25, -0.2) is 0 Å². The molecule has 0 aliphatic carbocycles. The first-order chi connectivity index (χ1) is 11.3. The monoisotopic (exact) mass is 309 g/mol. The Kier molecular flexibility index (Phi) is 4.62. The number of benzene rings is 2. The zero-order chi connectivity index (χ0) is 16.1. The van der Waals surface area contributed by atoms with Gasteiger partial charge in [0.25, 0.3) is 5.91 Å². The van der Waals surface area contributed by atoms with Gasteiger partial charge in [-0.1, -0.05) is 30.3 Å². The first-order valence-electron chi connectivity index (χ1n) is 7.60. The van der Waals surface area contributed by atoms with Gasteiger partial charge in [0.1, 0.15) is 18.1 Å². The van der Waals surface area contributed by atoms with Gasteiger partial charge in [-0.2, -0.15) is 0 Å². The second-order valence-electron chi connectivity index (χ2n) is 5.35. The molecule has 23 heavy (non-hydrogen) atoms. The van der Waals surface area contributed by atoms with E-state index < -0.39 is 0 Å². The molecule has 0 saturated heterocycles. The van der Waals surface area contributed by atoms with Gasteiger partial charge in [-0.3, -0.25) is 4.79 Å². The Morgan fingerprint density at radius 1 is 1.22 bits per heavy atom. The number of methoxy groups -OCH3 is 1. The summed E-state index contributed by atoms with van der Waals surface area (Å²) in [6.07, 6.45) is 2.67. The number of hydrogen-bond donors (Lipinski definition) is 1. The number of nitrogens with one attached hydrogen (secondary N) is 1.